The van der Waals surface area contributed by atoms with Crippen molar-refractivity contribution in [1.82, 2.24) is 14.8 Å². The predicted octanol–water partition coefficient (Wildman–Crippen LogP) is 5.48. The molecule has 0 fully saturated rings. The third kappa shape index (κ3) is 5.52. The highest BCUT2D eigenvalue weighted by Crippen LogP contribution is 2.35. The normalized spacial score (nSPS) is 19.6. The van der Waals surface area contributed by atoms with Crippen molar-refractivity contribution in [3.05, 3.63) is 103 Å². The Balaban J connectivity index is 1.45. The Bertz CT molecular complexity index is 960. The summed E-state index contributed by atoms with van der Waals surface area (Å²) in [4.78, 5) is 4.07. The Morgan fingerprint density at radius 3 is 2.52 bits per heavy atom. The summed E-state index contributed by atoms with van der Waals surface area (Å²) in [7, 11) is 0. The molecule has 6 heteroatoms. The van der Waals surface area contributed by atoms with Crippen LogP contribution in [0.4, 0.5) is 0 Å². The second-order valence-corrected chi connectivity index (χ2v) is 8.68. The molecule has 0 bridgehead atoms. The highest BCUT2D eigenvalue weighted by molar-refractivity contribution is 7.99. The highest BCUT2D eigenvalue weighted by Gasteiger charge is 2.29. The van der Waals surface area contributed by atoms with Crippen LogP contribution in [-0.2, 0) is 12.3 Å². The van der Waals surface area contributed by atoms with Gasteiger partial charge in [-0.25, -0.2) is 4.98 Å². The van der Waals surface area contributed by atoms with Crippen molar-refractivity contribution in [3.63, 3.8) is 0 Å². The van der Waals surface area contributed by atoms with Gasteiger partial charge in [0.1, 0.15) is 18.4 Å². The summed E-state index contributed by atoms with van der Waals surface area (Å²) < 4.78 is 7.88. The molecule has 0 aliphatic heterocycles. The van der Waals surface area contributed by atoms with Crippen molar-refractivity contribution in [2.24, 2.45) is 0 Å². The van der Waals surface area contributed by atoms with Gasteiger partial charge in [0.25, 0.3) is 0 Å². The average Bonchev–Trinajstić information content (AvgIpc) is 3.26. The fourth-order valence-electron chi connectivity index (χ4n) is 3.13. The molecule has 1 aliphatic carbocycles. The van der Waals surface area contributed by atoms with E-state index in [1.807, 2.05) is 58.9 Å². The Morgan fingerprint density at radius 1 is 1.10 bits per heavy atom. The van der Waals surface area contributed by atoms with Crippen molar-refractivity contribution in [2.75, 3.05) is 0 Å². The van der Waals surface area contributed by atoms with Gasteiger partial charge in [0, 0.05) is 17.4 Å². The number of thioether (sulfide) groups is 1. The van der Waals surface area contributed by atoms with Gasteiger partial charge < -0.3 is 4.74 Å². The minimum Gasteiger partial charge on any atom is -0.468 e. The van der Waals surface area contributed by atoms with Crippen LogP contribution in [0.5, 0.6) is 5.75 Å². The van der Waals surface area contributed by atoms with Gasteiger partial charge in [-0.05, 0) is 29.3 Å². The smallest absolute Gasteiger partial charge is 0.205 e. The van der Waals surface area contributed by atoms with E-state index in [0.29, 0.717) is 6.42 Å². The van der Waals surface area contributed by atoms with Gasteiger partial charge in [-0.2, -0.15) is 5.10 Å². The number of aromatic nitrogens is 3. The molecule has 2 unspecified atom stereocenters. The zero-order chi connectivity index (χ0) is 19.9. The van der Waals surface area contributed by atoms with Gasteiger partial charge in [0.2, 0.25) is 5.06 Å². The lowest BCUT2D eigenvalue weighted by atomic mass is 10.0. The summed E-state index contributed by atoms with van der Waals surface area (Å²) in [6, 6.07) is 20.2. The molecule has 2 atom stereocenters. The summed E-state index contributed by atoms with van der Waals surface area (Å²) in [6.45, 7) is 0.752. The number of benzene rings is 2. The van der Waals surface area contributed by atoms with Crippen molar-refractivity contribution in [2.45, 2.75) is 29.0 Å². The number of para-hydroxylation sites is 1. The summed E-state index contributed by atoms with van der Waals surface area (Å²) >= 11 is 8.60. The fourth-order valence-corrected chi connectivity index (χ4v) is 4.58. The SMILES string of the molecule is ClC1(Oc2ccccc2)C=CC(C(Cn2cncn2)SCc2ccccc2)=CC1. The van der Waals surface area contributed by atoms with E-state index in [9.17, 15) is 0 Å². The topological polar surface area (TPSA) is 39.9 Å². The number of allylic oxidation sites excluding steroid dienone is 1. The molecule has 29 heavy (non-hydrogen) atoms. The first-order chi connectivity index (χ1) is 14.2. The largest absolute Gasteiger partial charge is 0.468 e. The Morgan fingerprint density at radius 2 is 1.86 bits per heavy atom. The molecule has 148 valence electrons. The molecular formula is C23H22ClN3OS. The van der Waals surface area contributed by atoms with Crippen LogP contribution in [0.15, 0.2) is 97.1 Å². The minimum atomic E-state index is -0.854. The van der Waals surface area contributed by atoms with Gasteiger partial charge in [-0.3, -0.25) is 4.68 Å². The lowest BCUT2D eigenvalue weighted by Gasteiger charge is -2.29. The standard InChI is InChI=1S/C23H22ClN3OS/c24-23(28-21-9-5-2-6-10-21)13-11-20(12-14-23)22(15-27-18-25-17-26-27)29-16-19-7-3-1-4-8-19/h1-13,17-18,22H,14-16H2. The molecule has 2 aromatic carbocycles. The van der Waals surface area contributed by atoms with Crippen LogP contribution >= 0.6 is 23.4 Å². The Kier molecular flexibility index (Phi) is 6.37. The molecule has 0 N–H and O–H groups in total. The number of alkyl halides is 1. The Labute approximate surface area is 180 Å². The van der Waals surface area contributed by atoms with E-state index in [2.05, 4.69) is 46.5 Å². The van der Waals surface area contributed by atoms with E-state index in [4.69, 9.17) is 16.3 Å². The summed E-state index contributed by atoms with van der Waals surface area (Å²) in [5, 5.41) is 3.67. The number of rotatable bonds is 8. The van der Waals surface area contributed by atoms with Crippen LogP contribution in [-0.4, -0.2) is 25.1 Å². The van der Waals surface area contributed by atoms with Crippen LogP contribution < -0.4 is 4.74 Å². The molecule has 0 radical (unpaired) electrons. The number of halogens is 1. The van der Waals surface area contributed by atoms with Crippen LogP contribution in [0.1, 0.15) is 12.0 Å². The first-order valence-electron chi connectivity index (χ1n) is 9.50. The summed E-state index contributed by atoms with van der Waals surface area (Å²) in [6.07, 6.45) is 10.1. The maximum Gasteiger partial charge on any atom is 0.205 e. The van der Waals surface area contributed by atoms with Crippen LogP contribution in [0.25, 0.3) is 0 Å². The zero-order valence-corrected chi connectivity index (χ0v) is 17.5. The van der Waals surface area contributed by atoms with E-state index in [1.54, 1.807) is 12.7 Å². The Hall–Kier alpha value is -2.50. The van der Waals surface area contributed by atoms with Gasteiger partial charge in [0.05, 0.1) is 6.54 Å². The molecule has 1 aliphatic rings. The first kappa shape index (κ1) is 19.8. The van der Waals surface area contributed by atoms with Crippen LogP contribution in [0.3, 0.4) is 0 Å². The molecule has 4 nitrogen and oxygen atoms in total. The van der Waals surface area contributed by atoms with E-state index in [0.717, 1.165) is 18.0 Å². The monoisotopic (exact) mass is 423 g/mol. The molecule has 4 rings (SSSR count). The van der Waals surface area contributed by atoms with Crippen molar-refractivity contribution in [1.29, 1.82) is 0 Å². The molecule has 0 saturated carbocycles. The lowest BCUT2D eigenvalue weighted by molar-refractivity contribution is 0.209. The molecule has 0 spiro atoms. The summed E-state index contributed by atoms with van der Waals surface area (Å²) in [5.41, 5.74) is 2.54. The molecule has 1 heterocycles. The second-order valence-electron chi connectivity index (χ2n) is 6.85. The van der Waals surface area contributed by atoms with E-state index in [1.165, 1.54) is 11.1 Å². The van der Waals surface area contributed by atoms with Crippen molar-refractivity contribution in [3.8, 4) is 5.75 Å². The highest BCUT2D eigenvalue weighted by atomic mass is 35.5. The quantitative estimate of drug-likeness (QED) is 0.450. The number of nitrogens with zero attached hydrogens (tertiary/aromatic N) is 3. The predicted molar refractivity (Wildman–Crippen MR) is 119 cm³/mol. The van der Waals surface area contributed by atoms with Gasteiger partial charge >= 0.3 is 0 Å². The van der Waals surface area contributed by atoms with Crippen molar-refractivity contribution >= 4 is 23.4 Å². The first-order valence-corrected chi connectivity index (χ1v) is 10.9. The lowest BCUT2D eigenvalue weighted by Crippen LogP contribution is -2.29. The van der Waals surface area contributed by atoms with Crippen molar-refractivity contribution < 1.29 is 4.74 Å². The van der Waals surface area contributed by atoms with Crippen LogP contribution in [0.2, 0.25) is 0 Å². The maximum atomic E-state index is 6.71. The average molecular weight is 424 g/mol. The molecule has 0 saturated heterocycles. The zero-order valence-electron chi connectivity index (χ0n) is 15.9. The van der Waals surface area contributed by atoms with Gasteiger partial charge in [-0.15, -0.1) is 11.8 Å². The third-order valence-electron chi connectivity index (χ3n) is 4.66. The van der Waals surface area contributed by atoms with Gasteiger partial charge in [0.15, 0.2) is 0 Å². The number of hydrogen-bond acceptors (Lipinski definition) is 4. The molecule has 1 aromatic heterocycles. The second kappa shape index (κ2) is 9.33. The number of ether oxygens (including phenoxy) is 1. The summed E-state index contributed by atoms with van der Waals surface area (Å²) in [5.74, 6) is 1.69. The third-order valence-corrected chi connectivity index (χ3v) is 6.34. The maximum absolute atomic E-state index is 6.71. The molecule has 0 amide bonds. The number of hydrogen-bond donors (Lipinski definition) is 0. The molecule has 3 aromatic rings. The van der Waals surface area contributed by atoms with Crippen LogP contribution in [0, 0.1) is 0 Å². The van der Waals surface area contributed by atoms with E-state index in [-0.39, 0.29) is 5.25 Å². The van der Waals surface area contributed by atoms with Gasteiger partial charge in [-0.1, -0.05) is 72.3 Å². The fraction of sp³-hybridized carbons (Fsp3) is 0.217. The van der Waals surface area contributed by atoms with E-state index >= 15 is 0 Å². The minimum absolute atomic E-state index is 0.242. The molecular weight excluding hydrogens is 402 g/mol. The van der Waals surface area contributed by atoms with E-state index < -0.39 is 5.06 Å².